The van der Waals surface area contributed by atoms with Crippen molar-refractivity contribution in [1.29, 1.82) is 0 Å². The number of piperazine rings is 1. The lowest BCUT2D eigenvalue weighted by Crippen LogP contribution is -2.59. The third kappa shape index (κ3) is 4.17. The molecule has 8 heteroatoms. The van der Waals surface area contributed by atoms with Gasteiger partial charge in [-0.3, -0.25) is 19.3 Å². The maximum absolute atomic E-state index is 12.5. The van der Waals surface area contributed by atoms with Crippen LogP contribution in [-0.2, 0) is 20.8 Å². The van der Waals surface area contributed by atoms with Gasteiger partial charge in [0.25, 0.3) is 5.91 Å². The van der Waals surface area contributed by atoms with Crippen LogP contribution in [0, 0.1) is 6.92 Å². The summed E-state index contributed by atoms with van der Waals surface area (Å²) in [5.74, 6) is -0.0350. The number of nitrogens with zero attached hydrogens (tertiary/aromatic N) is 1. The molecule has 0 aromatic heterocycles. The van der Waals surface area contributed by atoms with E-state index in [1.54, 1.807) is 13.2 Å². The van der Waals surface area contributed by atoms with E-state index in [4.69, 9.17) is 9.47 Å². The Morgan fingerprint density at radius 3 is 2.62 bits per heavy atom. The minimum atomic E-state index is -0.809. The average Bonchev–Trinajstić information content (AvgIpc) is 2.54. The number of hydrogen-bond donors (Lipinski definition) is 1. The van der Waals surface area contributed by atoms with Crippen LogP contribution in [0.25, 0.3) is 0 Å². The molecule has 0 spiro atoms. The maximum Gasteiger partial charge on any atom is 0.252 e. The second-order valence-corrected chi connectivity index (χ2v) is 7.23. The third-order valence-corrected chi connectivity index (χ3v) is 5.16. The molecule has 2 rings (SSSR count). The molecule has 1 heterocycles. The molecule has 1 saturated heterocycles. The first-order valence-corrected chi connectivity index (χ1v) is 9.08. The molecule has 0 saturated carbocycles. The van der Waals surface area contributed by atoms with Crippen LogP contribution in [0.4, 0.5) is 0 Å². The zero-order valence-electron chi connectivity index (χ0n) is 15.5. The molecule has 1 aromatic carbocycles. The Balaban J connectivity index is 2.39. The van der Waals surface area contributed by atoms with Gasteiger partial charge in [0.1, 0.15) is 12.6 Å². The summed E-state index contributed by atoms with van der Waals surface area (Å²) in [7, 11) is 1.57. The van der Waals surface area contributed by atoms with Crippen molar-refractivity contribution in [2.75, 3.05) is 13.7 Å². The molecule has 3 amide bonds. The number of ether oxygens (including phenoxy) is 2. The first-order valence-electron chi connectivity index (χ1n) is 8.29. The lowest BCUT2D eigenvalue weighted by Gasteiger charge is -2.31. The van der Waals surface area contributed by atoms with Crippen LogP contribution < -0.4 is 14.8 Å². The Bertz CT molecular complexity index is 748. The van der Waals surface area contributed by atoms with Gasteiger partial charge in [-0.1, -0.05) is 15.9 Å². The molecular formula is C18H23BrN2O5. The molecule has 0 bridgehead atoms. The number of nitrogens with one attached hydrogen (secondary N) is 1. The summed E-state index contributed by atoms with van der Waals surface area (Å²) in [6, 6.07) is 0.985. The standard InChI is InChI=1S/C18H23BrN2O5/c1-9(2)26-14-7-12(16(19)10(3)17(14)25-5)6-13-18(24)21(11(4)22)8-15(23)20-13/h7,9,13H,6,8H2,1-5H3,(H,20,23). The molecule has 1 atom stereocenters. The third-order valence-electron chi connectivity index (χ3n) is 4.05. The molecule has 0 radical (unpaired) electrons. The number of carbonyl (C=O) groups is 3. The van der Waals surface area contributed by atoms with Gasteiger partial charge in [0, 0.05) is 23.4 Å². The van der Waals surface area contributed by atoms with E-state index in [2.05, 4.69) is 21.2 Å². The number of imide groups is 1. The van der Waals surface area contributed by atoms with Gasteiger partial charge in [-0.05, 0) is 32.4 Å². The van der Waals surface area contributed by atoms with E-state index in [0.29, 0.717) is 11.5 Å². The first kappa shape index (κ1) is 20.2. The summed E-state index contributed by atoms with van der Waals surface area (Å²) in [6.07, 6.45) is 0.176. The molecule has 142 valence electrons. The summed E-state index contributed by atoms with van der Waals surface area (Å²) >= 11 is 3.54. The van der Waals surface area contributed by atoms with E-state index in [0.717, 1.165) is 20.5 Å². The highest BCUT2D eigenvalue weighted by molar-refractivity contribution is 9.10. The van der Waals surface area contributed by atoms with Crippen LogP contribution >= 0.6 is 15.9 Å². The van der Waals surface area contributed by atoms with Gasteiger partial charge in [0.15, 0.2) is 11.5 Å². The van der Waals surface area contributed by atoms with Crippen molar-refractivity contribution in [2.45, 2.75) is 46.3 Å². The van der Waals surface area contributed by atoms with E-state index < -0.39 is 17.9 Å². The predicted octanol–water partition coefficient (Wildman–Crippen LogP) is 1.97. The molecule has 1 N–H and O–H groups in total. The fourth-order valence-corrected chi connectivity index (χ4v) is 3.35. The van der Waals surface area contributed by atoms with Crippen molar-refractivity contribution in [2.24, 2.45) is 0 Å². The van der Waals surface area contributed by atoms with Gasteiger partial charge < -0.3 is 14.8 Å². The molecule has 1 aliphatic rings. The fraction of sp³-hybridized carbons (Fsp3) is 0.500. The molecular weight excluding hydrogens is 404 g/mol. The molecule has 1 aromatic rings. The molecule has 1 fully saturated rings. The van der Waals surface area contributed by atoms with Crippen LogP contribution in [-0.4, -0.2) is 48.4 Å². The van der Waals surface area contributed by atoms with Crippen LogP contribution in [0.1, 0.15) is 31.9 Å². The van der Waals surface area contributed by atoms with Gasteiger partial charge in [-0.2, -0.15) is 0 Å². The average molecular weight is 427 g/mol. The van der Waals surface area contributed by atoms with Crippen LogP contribution in [0.2, 0.25) is 0 Å². The summed E-state index contributed by atoms with van der Waals surface area (Å²) in [5.41, 5.74) is 1.61. The number of benzene rings is 1. The fourth-order valence-electron chi connectivity index (χ4n) is 2.89. The highest BCUT2D eigenvalue weighted by Gasteiger charge is 2.35. The van der Waals surface area contributed by atoms with Crippen molar-refractivity contribution < 1.29 is 23.9 Å². The van der Waals surface area contributed by atoms with E-state index in [-0.39, 0.29) is 25.0 Å². The smallest absolute Gasteiger partial charge is 0.252 e. The Hall–Kier alpha value is -2.09. The van der Waals surface area contributed by atoms with Crippen LogP contribution in [0.15, 0.2) is 10.5 Å². The summed E-state index contributed by atoms with van der Waals surface area (Å²) < 4.78 is 12.0. The molecule has 26 heavy (non-hydrogen) atoms. The van der Waals surface area contributed by atoms with Crippen LogP contribution in [0.3, 0.4) is 0 Å². The maximum atomic E-state index is 12.5. The zero-order valence-corrected chi connectivity index (χ0v) is 17.1. The number of amides is 3. The first-order chi connectivity index (χ1) is 12.1. The molecule has 1 aliphatic heterocycles. The number of halogens is 1. The van der Waals surface area contributed by atoms with E-state index in [9.17, 15) is 14.4 Å². The molecule has 0 aliphatic carbocycles. The topological polar surface area (TPSA) is 84.9 Å². The van der Waals surface area contributed by atoms with Gasteiger partial charge in [-0.15, -0.1) is 0 Å². The van der Waals surface area contributed by atoms with Crippen molar-refractivity contribution in [3.8, 4) is 11.5 Å². The van der Waals surface area contributed by atoms with Gasteiger partial charge >= 0.3 is 0 Å². The summed E-state index contributed by atoms with van der Waals surface area (Å²) in [6.45, 7) is 6.73. The Labute approximate surface area is 161 Å². The van der Waals surface area contributed by atoms with Crippen LogP contribution in [0.5, 0.6) is 11.5 Å². The second-order valence-electron chi connectivity index (χ2n) is 6.44. The Morgan fingerprint density at radius 1 is 1.42 bits per heavy atom. The highest BCUT2D eigenvalue weighted by atomic mass is 79.9. The number of rotatable bonds is 5. The van der Waals surface area contributed by atoms with Crippen molar-refractivity contribution >= 4 is 33.7 Å². The predicted molar refractivity (Wildman–Crippen MR) is 99.2 cm³/mol. The van der Waals surface area contributed by atoms with Crippen molar-refractivity contribution in [3.05, 3.63) is 21.7 Å². The van der Waals surface area contributed by atoms with Crippen molar-refractivity contribution in [3.63, 3.8) is 0 Å². The SMILES string of the molecule is COc1c(OC(C)C)cc(CC2NC(=O)CN(C(C)=O)C2=O)c(Br)c1C. The second kappa shape index (κ2) is 8.07. The van der Waals surface area contributed by atoms with E-state index in [1.807, 2.05) is 20.8 Å². The lowest BCUT2D eigenvalue weighted by molar-refractivity contribution is -0.152. The number of hydrogen-bond acceptors (Lipinski definition) is 5. The van der Waals surface area contributed by atoms with Gasteiger partial charge in [-0.25, -0.2) is 0 Å². The molecule has 7 nitrogen and oxygen atoms in total. The minimum absolute atomic E-state index is 0.0541. The van der Waals surface area contributed by atoms with Gasteiger partial charge in [0.05, 0.1) is 13.2 Å². The van der Waals surface area contributed by atoms with Gasteiger partial charge in [0.2, 0.25) is 11.8 Å². The number of methoxy groups -OCH3 is 1. The lowest BCUT2D eigenvalue weighted by atomic mass is 10.00. The summed E-state index contributed by atoms with van der Waals surface area (Å²) in [4.78, 5) is 37.0. The quantitative estimate of drug-likeness (QED) is 0.777. The Kier molecular flexibility index (Phi) is 6.28. The normalized spacial score (nSPS) is 17.3. The highest BCUT2D eigenvalue weighted by Crippen LogP contribution is 2.39. The monoisotopic (exact) mass is 426 g/mol. The van der Waals surface area contributed by atoms with E-state index in [1.165, 1.54) is 6.92 Å². The minimum Gasteiger partial charge on any atom is -0.493 e. The largest absolute Gasteiger partial charge is 0.493 e. The van der Waals surface area contributed by atoms with E-state index >= 15 is 0 Å². The molecule has 1 unspecified atom stereocenters. The summed E-state index contributed by atoms with van der Waals surface area (Å²) in [5, 5.41) is 2.66. The number of carbonyl (C=O) groups excluding carboxylic acids is 3. The Morgan fingerprint density at radius 2 is 2.08 bits per heavy atom. The zero-order chi connectivity index (χ0) is 19.6. The van der Waals surface area contributed by atoms with Crippen molar-refractivity contribution in [1.82, 2.24) is 10.2 Å².